The van der Waals surface area contributed by atoms with Crippen LogP contribution in [-0.4, -0.2) is 37.2 Å². The van der Waals surface area contributed by atoms with Crippen molar-refractivity contribution in [1.82, 2.24) is 0 Å². The molecule has 0 aliphatic heterocycles. The molecule has 0 saturated heterocycles. The van der Waals surface area contributed by atoms with E-state index in [1.165, 1.54) is 270 Å². The molecule has 0 amide bonds. The monoisotopic (exact) mass is 1140 g/mol. The van der Waals surface area contributed by atoms with Crippen LogP contribution in [-0.2, 0) is 28.6 Å². The molecule has 0 aromatic heterocycles. The van der Waals surface area contributed by atoms with E-state index >= 15 is 0 Å². The van der Waals surface area contributed by atoms with Crippen molar-refractivity contribution in [2.45, 2.75) is 399 Å². The molecule has 0 rings (SSSR count). The van der Waals surface area contributed by atoms with Crippen LogP contribution in [0.15, 0.2) is 48.6 Å². The fourth-order valence-electron chi connectivity index (χ4n) is 11.0. The normalized spacial score (nSPS) is 12.3. The average Bonchev–Trinajstić information content (AvgIpc) is 3.47. The summed E-state index contributed by atoms with van der Waals surface area (Å²) in [6.07, 6.45) is 88.6. The predicted molar refractivity (Wildman–Crippen MR) is 353 cm³/mol. The first kappa shape index (κ1) is 78.4. The summed E-state index contributed by atoms with van der Waals surface area (Å²) in [7, 11) is 0. The number of rotatable bonds is 67. The maximum absolute atomic E-state index is 13.0. The number of carbonyl (C=O) groups is 3. The van der Waals surface area contributed by atoms with Gasteiger partial charge in [-0.2, -0.15) is 0 Å². The minimum atomic E-state index is -0.770. The van der Waals surface area contributed by atoms with Gasteiger partial charge in [-0.25, -0.2) is 0 Å². The molecule has 0 spiro atoms. The number of allylic oxidation sites excluding steroid dienone is 8. The lowest BCUT2D eigenvalue weighted by Crippen LogP contribution is -2.30. The molecule has 1 unspecified atom stereocenters. The Hall–Kier alpha value is -2.63. The molecule has 0 radical (unpaired) electrons. The zero-order chi connectivity index (χ0) is 58.5. The Bertz CT molecular complexity index is 1400. The van der Waals surface area contributed by atoms with Crippen molar-refractivity contribution in [2.24, 2.45) is 0 Å². The highest BCUT2D eigenvalue weighted by Crippen LogP contribution is 2.19. The van der Waals surface area contributed by atoms with Gasteiger partial charge in [-0.3, -0.25) is 14.4 Å². The van der Waals surface area contributed by atoms with Gasteiger partial charge < -0.3 is 14.2 Å². The van der Waals surface area contributed by atoms with Crippen LogP contribution in [0.1, 0.15) is 393 Å². The Kier molecular flexibility index (Phi) is 67.6. The minimum absolute atomic E-state index is 0.0662. The second kappa shape index (κ2) is 69.9. The zero-order valence-corrected chi connectivity index (χ0v) is 54.6. The third kappa shape index (κ3) is 68.0. The maximum Gasteiger partial charge on any atom is 0.306 e. The Morgan fingerprint density at radius 3 is 0.753 bits per heavy atom. The first-order valence-corrected chi connectivity index (χ1v) is 36.1. The Morgan fingerprint density at radius 1 is 0.259 bits per heavy atom. The molecule has 0 aromatic carbocycles. The highest BCUT2D eigenvalue weighted by molar-refractivity contribution is 5.71. The SMILES string of the molecule is CC/C=C\C/C=C\C/C=C\C/C=C\CCCCCCCCCCCCCCCCC(=O)OCC(COC(=O)CCCCCCCCCCCCCC)OC(=O)CCCCCCCCCCCCCCCCCCCCCCCCCC. The molecule has 0 fully saturated rings. The molecule has 0 bridgehead atoms. The van der Waals surface area contributed by atoms with Crippen molar-refractivity contribution in [1.29, 1.82) is 0 Å². The van der Waals surface area contributed by atoms with E-state index in [2.05, 4.69) is 69.4 Å². The zero-order valence-electron chi connectivity index (χ0n) is 54.6. The molecule has 0 aliphatic carbocycles. The van der Waals surface area contributed by atoms with Gasteiger partial charge in [0, 0.05) is 19.3 Å². The third-order valence-corrected chi connectivity index (χ3v) is 16.3. The lowest BCUT2D eigenvalue weighted by molar-refractivity contribution is -0.167. The summed E-state index contributed by atoms with van der Waals surface area (Å²) in [4.78, 5) is 38.4. The van der Waals surface area contributed by atoms with E-state index in [0.717, 1.165) is 83.5 Å². The summed E-state index contributed by atoms with van der Waals surface area (Å²) in [6, 6.07) is 0. The highest BCUT2D eigenvalue weighted by Gasteiger charge is 2.19. The van der Waals surface area contributed by atoms with E-state index in [9.17, 15) is 14.4 Å². The summed E-state index contributed by atoms with van der Waals surface area (Å²) in [5, 5.41) is 0. The summed E-state index contributed by atoms with van der Waals surface area (Å²) in [5.74, 6) is -0.837. The van der Waals surface area contributed by atoms with E-state index in [0.29, 0.717) is 19.3 Å². The summed E-state index contributed by atoms with van der Waals surface area (Å²) < 4.78 is 17.0. The van der Waals surface area contributed by atoms with Crippen molar-refractivity contribution in [3.63, 3.8) is 0 Å². The van der Waals surface area contributed by atoms with Gasteiger partial charge in [0.2, 0.25) is 0 Å². The van der Waals surface area contributed by atoms with E-state index in [1.807, 2.05) is 0 Å². The maximum atomic E-state index is 13.0. The van der Waals surface area contributed by atoms with Gasteiger partial charge in [-0.1, -0.05) is 365 Å². The minimum Gasteiger partial charge on any atom is -0.462 e. The predicted octanol–water partition coefficient (Wildman–Crippen LogP) is 24.9. The molecule has 0 saturated carbocycles. The van der Waals surface area contributed by atoms with Gasteiger partial charge in [0.1, 0.15) is 13.2 Å². The molecular weight excluding hydrogens is 997 g/mol. The van der Waals surface area contributed by atoms with Crippen molar-refractivity contribution in [3.8, 4) is 0 Å². The molecular formula is C75H138O6. The molecule has 81 heavy (non-hydrogen) atoms. The first-order chi connectivity index (χ1) is 40.0. The fourth-order valence-corrected chi connectivity index (χ4v) is 11.0. The molecule has 0 N–H and O–H groups in total. The number of esters is 3. The number of hydrogen-bond acceptors (Lipinski definition) is 6. The number of ether oxygens (including phenoxy) is 3. The topological polar surface area (TPSA) is 78.9 Å². The van der Waals surface area contributed by atoms with Crippen LogP contribution in [0, 0.1) is 0 Å². The molecule has 1 atom stereocenters. The number of hydrogen-bond donors (Lipinski definition) is 0. The van der Waals surface area contributed by atoms with Gasteiger partial charge >= 0.3 is 17.9 Å². The van der Waals surface area contributed by atoms with Crippen LogP contribution >= 0.6 is 0 Å². The fraction of sp³-hybridized carbons (Fsp3) is 0.853. The summed E-state index contributed by atoms with van der Waals surface area (Å²) in [6.45, 7) is 6.60. The smallest absolute Gasteiger partial charge is 0.306 e. The molecule has 0 heterocycles. The van der Waals surface area contributed by atoms with Crippen molar-refractivity contribution in [3.05, 3.63) is 48.6 Å². The van der Waals surface area contributed by atoms with Gasteiger partial charge in [-0.15, -0.1) is 0 Å². The van der Waals surface area contributed by atoms with Crippen LogP contribution in [0.3, 0.4) is 0 Å². The second-order valence-electron chi connectivity index (χ2n) is 24.5. The van der Waals surface area contributed by atoms with Gasteiger partial charge in [-0.05, 0) is 57.8 Å². The Labute approximate surface area is 505 Å². The van der Waals surface area contributed by atoms with Crippen LogP contribution in [0.4, 0.5) is 0 Å². The molecule has 6 heteroatoms. The van der Waals surface area contributed by atoms with E-state index in [1.54, 1.807) is 0 Å². The van der Waals surface area contributed by atoms with Gasteiger partial charge in [0.05, 0.1) is 0 Å². The lowest BCUT2D eigenvalue weighted by atomic mass is 10.0. The summed E-state index contributed by atoms with van der Waals surface area (Å²) >= 11 is 0. The van der Waals surface area contributed by atoms with Gasteiger partial charge in [0.15, 0.2) is 6.10 Å². The molecule has 0 aromatic rings. The Balaban J connectivity index is 4.19. The van der Waals surface area contributed by atoms with Crippen molar-refractivity contribution < 1.29 is 28.6 Å². The standard InChI is InChI=1S/C75H138O6/c1-4-7-10-13-16-19-22-25-27-29-31-33-35-37-38-39-41-42-44-46-48-50-53-56-59-62-65-68-74(77)80-71-72(70-79-73(76)67-64-61-58-55-52-24-21-18-15-12-9-6-3)81-75(78)69-66-63-60-57-54-51-49-47-45-43-40-36-34-32-30-28-26-23-20-17-14-11-8-5-2/h7,10,16,19,25,27,31,33,72H,4-6,8-9,11-15,17-18,20-24,26,28-30,32,34-71H2,1-3H3/b10-7-,19-16-,27-25-,33-31-. The van der Waals surface area contributed by atoms with Crippen LogP contribution in [0.5, 0.6) is 0 Å². The van der Waals surface area contributed by atoms with Crippen LogP contribution < -0.4 is 0 Å². The van der Waals surface area contributed by atoms with E-state index in [-0.39, 0.29) is 31.1 Å². The lowest BCUT2D eigenvalue weighted by Gasteiger charge is -2.18. The van der Waals surface area contributed by atoms with E-state index in [4.69, 9.17) is 14.2 Å². The van der Waals surface area contributed by atoms with Crippen molar-refractivity contribution >= 4 is 17.9 Å². The van der Waals surface area contributed by atoms with Crippen LogP contribution in [0.2, 0.25) is 0 Å². The number of carbonyl (C=O) groups excluding carboxylic acids is 3. The molecule has 6 nitrogen and oxygen atoms in total. The second-order valence-corrected chi connectivity index (χ2v) is 24.5. The van der Waals surface area contributed by atoms with Gasteiger partial charge in [0.25, 0.3) is 0 Å². The average molecular weight is 1140 g/mol. The molecule has 0 aliphatic rings. The first-order valence-electron chi connectivity index (χ1n) is 36.1. The Morgan fingerprint density at radius 2 is 0.481 bits per heavy atom. The summed E-state index contributed by atoms with van der Waals surface area (Å²) in [5.41, 5.74) is 0. The quantitative estimate of drug-likeness (QED) is 0.0261. The van der Waals surface area contributed by atoms with Crippen LogP contribution in [0.25, 0.3) is 0 Å². The van der Waals surface area contributed by atoms with Crippen molar-refractivity contribution in [2.75, 3.05) is 13.2 Å². The highest BCUT2D eigenvalue weighted by atomic mass is 16.6. The largest absolute Gasteiger partial charge is 0.462 e. The third-order valence-electron chi connectivity index (χ3n) is 16.3. The molecule has 474 valence electrons. The van der Waals surface area contributed by atoms with E-state index < -0.39 is 6.10 Å². The number of unbranched alkanes of at least 4 members (excludes halogenated alkanes) is 48.